The molecule has 4 N–H and O–H groups in total. The number of aliphatic hydroxyl groups is 1. The van der Waals surface area contributed by atoms with Gasteiger partial charge in [-0.2, -0.15) is 0 Å². The molecule has 1 rings (SSSR count). The molecule has 0 amide bonds. The van der Waals surface area contributed by atoms with Gasteiger partial charge < -0.3 is 16.2 Å². The minimum absolute atomic E-state index is 0.149. The number of benzene rings is 1. The second-order valence-electron chi connectivity index (χ2n) is 2.74. The predicted octanol–water partition coefficient (Wildman–Crippen LogP) is 1.11. The van der Waals surface area contributed by atoms with Crippen molar-refractivity contribution in [3.63, 3.8) is 0 Å². The lowest BCUT2D eigenvalue weighted by atomic mass is 10.2. The zero-order valence-corrected chi connectivity index (χ0v) is 8.84. The van der Waals surface area contributed by atoms with Crippen LogP contribution in [0.3, 0.4) is 0 Å². The fourth-order valence-corrected chi connectivity index (χ4v) is 1.41. The number of rotatable bonds is 4. The van der Waals surface area contributed by atoms with Gasteiger partial charge in [-0.15, -0.1) is 0 Å². The van der Waals surface area contributed by atoms with E-state index in [2.05, 4.69) is 21.2 Å². The van der Waals surface area contributed by atoms with Crippen LogP contribution in [0.15, 0.2) is 22.7 Å². The molecular formula is C9H13BrN2O. The molecule has 13 heavy (non-hydrogen) atoms. The molecule has 0 saturated heterocycles. The molecule has 0 aliphatic carbocycles. The van der Waals surface area contributed by atoms with E-state index in [0.717, 1.165) is 15.7 Å². The van der Waals surface area contributed by atoms with Gasteiger partial charge in [-0.1, -0.05) is 22.0 Å². The number of hydrogen-bond acceptors (Lipinski definition) is 3. The smallest absolute Gasteiger partial charge is 0.0556 e. The van der Waals surface area contributed by atoms with E-state index in [-0.39, 0.29) is 6.61 Å². The molecule has 0 radical (unpaired) electrons. The Morgan fingerprint density at radius 3 is 2.85 bits per heavy atom. The van der Waals surface area contributed by atoms with Crippen LogP contribution < -0.4 is 11.1 Å². The first-order valence-corrected chi connectivity index (χ1v) is 4.89. The number of aliphatic hydroxyl groups excluding tert-OH is 1. The summed E-state index contributed by atoms with van der Waals surface area (Å²) in [5.41, 5.74) is 7.59. The third-order valence-corrected chi connectivity index (χ3v) is 2.21. The highest BCUT2D eigenvalue weighted by molar-refractivity contribution is 9.10. The number of halogens is 1. The van der Waals surface area contributed by atoms with Gasteiger partial charge >= 0.3 is 0 Å². The summed E-state index contributed by atoms with van der Waals surface area (Å²) in [7, 11) is 0. The van der Waals surface area contributed by atoms with Crippen molar-refractivity contribution >= 4 is 21.6 Å². The van der Waals surface area contributed by atoms with Gasteiger partial charge in [-0.05, 0) is 17.7 Å². The lowest BCUT2D eigenvalue weighted by Gasteiger charge is -2.06. The third kappa shape index (κ3) is 3.34. The van der Waals surface area contributed by atoms with Gasteiger partial charge in [0.2, 0.25) is 0 Å². The Labute approximate surface area is 86.1 Å². The largest absolute Gasteiger partial charge is 0.398 e. The van der Waals surface area contributed by atoms with E-state index < -0.39 is 0 Å². The van der Waals surface area contributed by atoms with Crippen LogP contribution in [-0.2, 0) is 6.54 Å². The second kappa shape index (κ2) is 5.21. The highest BCUT2D eigenvalue weighted by atomic mass is 79.9. The monoisotopic (exact) mass is 244 g/mol. The maximum Gasteiger partial charge on any atom is 0.0556 e. The Morgan fingerprint density at radius 1 is 1.46 bits per heavy atom. The van der Waals surface area contributed by atoms with E-state index in [0.29, 0.717) is 13.1 Å². The molecule has 0 fully saturated rings. The zero-order chi connectivity index (χ0) is 9.68. The second-order valence-corrected chi connectivity index (χ2v) is 3.66. The van der Waals surface area contributed by atoms with E-state index >= 15 is 0 Å². The van der Waals surface area contributed by atoms with Gasteiger partial charge in [-0.3, -0.25) is 0 Å². The summed E-state index contributed by atoms with van der Waals surface area (Å²) in [6, 6.07) is 5.78. The van der Waals surface area contributed by atoms with Crippen LogP contribution in [0.5, 0.6) is 0 Å². The molecule has 0 bridgehead atoms. The van der Waals surface area contributed by atoms with Crippen molar-refractivity contribution in [1.29, 1.82) is 0 Å². The summed E-state index contributed by atoms with van der Waals surface area (Å²) >= 11 is 3.34. The van der Waals surface area contributed by atoms with Gasteiger partial charge in [-0.25, -0.2) is 0 Å². The SMILES string of the molecule is Nc1cc(Br)ccc1CNCCO. The molecule has 0 spiro atoms. The Balaban J connectivity index is 2.56. The maximum absolute atomic E-state index is 8.56. The summed E-state index contributed by atoms with van der Waals surface area (Å²) < 4.78 is 0.982. The molecule has 1 aromatic carbocycles. The number of nitrogens with one attached hydrogen (secondary N) is 1. The number of anilines is 1. The quantitative estimate of drug-likeness (QED) is 0.550. The van der Waals surface area contributed by atoms with Gasteiger partial charge in [0.05, 0.1) is 6.61 Å². The fraction of sp³-hybridized carbons (Fsp3) is 0.333. The standard InChI is InChI=1S/C9H13BrN2O/c10-8-2-1-7(9(11)5-8)6-12-3-4-13/h1-2,5,12-13H,3-4,6,11H2. The van der Waals surface area contributed by atoms with Crippen LogP contribution in [0.4, 0.5) is 5.69 Å². The molecule has 72 valence electrons. The first-order valence-electron chi connectivity index (χ1n) is 4.09. The van der Waals surface area contributed by atoms with Crippen molar-refractivity contribution in [3.05, 3.63) is 28.2 Å². The first kappa shape index (κ1) is 10.5. The van der Waals surface area contributed by atoms with Crippen molar-refractivity contribution in [2.75, 3.05) is 18.9 Å². The summed E-state index contributed by atoms with van der Waals surface area (Å²) in [6.45, 7) is 1.44. The first-order chi connectivity index (χ1) is 6.24. The van der Waals surface area contributed by atoms with E-state index in [1.54, 1.807) is 0 Å². The zero-order valence-electron chi connectivity index (χ0n) is 7.26. The van der Waals surface area contributed by atoms with Gasteiger partial charge in [0, 0.05) is 23.2 Å². The minimum atomic E-state index is 0.149. The van der Waals surface area contributed by atoms with E-state index in [1.165, 1.54) is 0 Å². The summed E-state index contributed by atoms with van der Waals surface area (Å²) in [5, 5.41) is 11.6. The molecule has 0 saturated carbocycles. The Kier molecular flexibility index (Phi) is 4.21. The lowest BCUT2D eigenvalue weighted by Crippen LogP contribution is -2.18. The molecule has 3 nitrogen and oxygen atoms in total. The van der Waals surface area contributed by atoms with Crippen LogP contribution in [-0.4, -0.2) is 18.3 Å². The predicted molar refractivity (Wildman–Crippen MR) is 57.3 cm³/mol. The summed E-state index contributed by atoms with van der Waals surface area (Å²) in [6.07, 6.45) is 0. The van der Waals surface area contributed by atoms with E-state index in [4.69, 9.17) is 10.8 Å². The minimum Gasteiger partial charge on any atom is -0.398 e. The van der Waals surface area contributed by atoms with Crippen LogP contribution in [0, 0.1) is 0 Å². The molecular weight excluding hydrogens is 232 g/mol. The topological polar surface area (TPSA) is 58.3 Å². The molecule has 4 heteroatoms. The third-order valence-electron chi connectivity index (χ3n) is 1.71. The van der Waals surface area contributed by atoms with Crippen LogP contribution in [0.25, 0.3) is 0 Å². The van der Waals surface area contributed by atoms with Gasteiger partial charge in [0.25, 0.3) is 0 Å². The van der Waals surface area contributed by atoms with Crippen molar-refractivity contribution in [2.24, 2.45) is 0 Å². The van der Waals surface area contributed by atoms with Crippen molar-refractivity contribution in [2.45, 2.75) is 6.54 Å². The Bertz CT molecular complexity index is 278. The fourth-order valence-electron chi connectivity index (χ4n) is 1.03. The van der Waals surface area contributed by atoms with Crippen LogP contribution in [0.2, 0.25) is 0 Å². The molecule has 1 aromatic rings. The average Bonchev–Trinajstić information content (AvgIpc) is 2.09. The maximum atomic E-state index is 8.56. The Hall–Kier alpha value is -0.580. The van der Waals surface area contributed by atoms with Crippen molar-refractivity contribution in [3.8, 4) is 0 Å². The van der Waals surface area contributed by atoms with Gasteiger partial charge in [0.1, 0.15) is 0 Å². The number of nitrogens with two attached hydrogens (primary N) is 1. The molecule has 0 aliphatic heterocycles. The molecule has 0 unspecified atom stereocenters. The van der Waals surface area contributed by atoms with E-state index in [1.807, 2.05) is 18.2 Å². The number of nitrogen functional groups attached to an aromatic ring is 1. The van der Waals surface area contributed by atoms with Crippen molar-refractivity contribution < 1.29 is 5.11 Å². The molecule has 0 aromatic heterocycles. The van der Waals surface area contributed by atoms with Gasteiger partial charge in [0.15, 0.2) is 0 Å². The average molecular weight is 245 g/mol. The molecule has 0 aliphatic rings. The van der Waals surface area contributed by atoms with Crippen LogP contribution in [0.1, 0.15) is 5.56 Å². The van der Waals surface area contributed by atoms with Crippen LogP contribution >= 0.6 is 15.9 Å². The van der Waals surface area contributed by atoms with E-state index in [9.17, 15) is 0 Å². The lowest BCUT2D eigenvalue weighted by molar-refractivity contribution is 0.292. The molecule has 0 atom stereocenters. The summed E-state index contributed by atoms with van der Waals surface area (Å²) in [4.78, 5) is 0. The highest BCUT2D eigenvalue weighted by Crippen LogP contribution is 2.18. The summed E-state index contributed by atoms with van der Waals surface area (Å²) in [5.74, 6) is 0. The Morgan fingerprint density at radius 2 is 2.23 bits per heavy atom. The highest BCUT2D eigenvalue weighted by Gasteiger charge is 1.98. The number of hydrogen-bond donors (Lipinski definition) is 3. The normalized spacial score (nSPS) is 10.3. The molecule has 0 heterocycles. The van der Waals surface area contributed by atoms with Crippen molar-refractivity contribution in [1.82, 2.24) is 5.32 Å².